The smallest absolute Gasteiger partial charge is 0.302 e. The molecule has 4 aromatic heterocycles. The van der Waals surface area contributed by atoms with Crippen LogP contribution in [0.15, 0.2) is 70.5 Å². The second kappa shape index (κ2) is 14.8. The number of carbonyl (C=O) groups is 2. The summed E-state index contributed by atoms with van der Waals surface area (Å²) in [5, 5.41) is 19.5. The van der Waals surface area contributed by atoms with Gasteiger partial charge in [-0.15, -0.1) is 11.3 Å². The van der Waals surface area contributed by atoms with Crippen molar-refractivity contribution < 1.29 is 23.5 Å². The van der Waals surface area contributed by atoms with Gasteiger partial charge in [0.05, 0.1) is 18.4 Å². The Morgan fingerprint density at radius 3 is 2.75 bits per heavy atom. The third-order valence-electron chi connectivity index (χ3n) is 8.27. The van der Waals surface area contributed by atoms with E-state index in [2.05, 4.69) is 27.3 Å². The van der Waals surface area contributed by atoms with Crippen LogP contribution < -0.4 is 26.5 Å². The predicted molar refractivity (Wildman–Crippen MR) is 189 cm³/mol. The van der Waals surface area contributed by atoms with Gasteiger partial charge in [-0.3, -0.25) is 19.2 Å². The fourth-order valence-corrected chi connectivity index (χ4v) is 7.13. The molecule has 2 N–H and O–H groups in total. The lowest BCUT2D eigenvalue weighted by Crippen LogP contribution is -2.28. The molecular weight excluding hydrogens is 678 g/mol. The summed E-state index contributed by atoms with van der Waals surface area (Å²) >= 11 is 1.44. The summed E-state index contributed by atoms with van der Waals surface area (Å²) in [6.07, 6.45) is 7.01. The third-order valence-corrected chi connectivity index (χ3v) is 9.56. The van der Waals surface area contributed by atoms with E-state index < -0.39 is 28.8 Å². The number of carbonyl (C=O) groups excluding carboxylic acids is 2. The van der Waals surface area contributed by atoms with Gasteiger partial charge >= 0.3 is 5.97 Å². The Labute approximate surface area is 294 Å². The zero-order valence-electron chi connectivity index (χ0n) is 27.7. The number of aromatic nitrogens is 4. The summed E-state index contributed by atoms with van der Waals surface area (Å²) in [6.45, 7) is 4.44. The number of amides is 1. The molecule has 1 aliphatic rings. The second-order valence-corrected chi connectivity index (χ2v) is 12.9. The van der Waals surface area contributed by atoms with Crippen LogP contribution in [0.2, 0.25) is 0 Å². The monoisotopic (exact) mass is 709 g/mol. The number of nitriles is 1. The van der Waals surface area contributed by atoms with Crippen LogP contribution in [-0.2, 0) is 40.8 Å². The molecule has 1 aliphatic carbocycles. The number of halogens is 1. The molecule has 1 aromatic carbocycles. The predicted octanol–water partition coefficient (Wildman–Crippen LogP) is 4.61. The van der Waals surface area contributed by atoms with E-state index >= 15 is 4.39 Å². The van der Waals surface area contributed by atoms with Crippen molar-refractivity contribution in [3.63, 3.8) is 0 Å². The molecule has 15 heteroatoms. The van der Waals surface area contributed by atoms with E-state index in [0.717, 1.165) is 46.2 Å². The summed E-state index contributed by atoms with van der Waals surface area (Å²) < 4.78 is 29.5. The Morgan fingerprint density at radius 1 is 1.16 bits per heavy atom. The molecular formula is C36H32FN7O6S. The number of rotatable bonds is 11. The minimum Gasteiger partial charge on any atom is -0.476 e. The average Bonchev–Trinajstić information content (AvgIpc) is 3.50. The lowest BCUT2D eigenvalue weighted by Gasteiger charge is -2.18. The number of esters is 1. The molecule has 260 valence electrons. The summed E-state index contributed by atoms with van der Waals surface area (Å²) in [6, 6.07) is 10.5. The molecule has 0 atom stereocenters. The van der Waals surface area contributed by atoms with Gasteiger partial charge in [0.25, 0.3) is 17.0 Å². The van der Waals surface area contributed by atoms with Crippen LogP contribution in [0.25, 0.3) is 26.9 Å². The highest BCUT2D eigenvalue weighted by Gasteiger charge is 2.23. The number of nitrogens with one attached hydrogen (secondary N) is 2. The first-order chi connectivity index (χ1) is 24.5. The van der Waals surface area contributed by atoms with Crippen molar-refractivity contribution in [3.05, 3.63) is 103 Å². The molecule has 5 aromatic rings. The van der Waals surface area contributed by atoms with Gasteiger partial charge in [-0.2, -0.15) is 20.0 Å². The summed E-state index contributed by atoms with van der Waals surface area (Å²) in [5.74, 6) is -1.41. The molecule has 0 radical (unpaired) electrons. The lowest BCUT2D eigenvalue weighted by atomic mass is 9.97. The van der Waals surface area contributed by atoms with Crippen LogP contribution in [0.1, 0.15) is 35.8 Å². The molecule has 0 fully saturated rings. The maximum Gasteiger partial charge on any atom is 0.302 e. The van der Waals surface area contributed by atoms with Gasteiger partial charge in [0, 0.05) is 53.7 Å². The van der Waals surface area contributed by atoms with Crippen LogP contribution in [0.3, 0.4) is 0 Å². The largest absolute Gasteiger partial charge is 0.476 e. The first kappa shape index (κ1) is 34.7. The highest BCUT2D eigenvalue weighted by molar-refractivity contribution is 7.19. The highest BCUT2D eigenvalue weighted by atomic mass is 32.1. The molecule has 6 rings (SSSR count). The second-order valence-electron chi connectivity index (χ2n) is 11.8. The van der Waals surface area contributed by atoms with Crippen molar-refractivity contribution in [2.75, 3.05) is 18.5 Å². The van der Waals surface area contributed by atoms with Gasteiger partial charge in [0.1, 0.15) is 46.9 Å². The average molecular weight is 710 g/mol. The molecule has 0 unspecified atom stereocenters. The number of fused-ring (bicyclic) bond motifs is 3. The number of hydrogen-bond acceptors (Lipinski definition) is 11. The molecule has 0 saturated carbocycles. The van der Waals surface area contributed by atoms with Crippen LogP contribution in [0.5, 0.6) is 5.88 Å². The first-order valence-electron chi connectivity index (χ1n) is 16.0. The maximum atomic E-state index is 15.5. The number of pyridine rings is 2. The molecule has 0 saturated heterocycles. The van der Waals surface area contributed by atoms with Gasteiger partial charge in [0.2, 0.25) is 5.88 Å². The minimum absolute atomic E-state index is 0.0465. The molecule has 13 nitrogen and oxygen atoms in total. The van der Waals surface area contributed by atoms with Crippen molar-refractivity contribution in [2.45, 2.75) is 39.2 Å². The number of aryl methyl sites for hydroxylation is 3. The third kappa shape index (κ3) is 7.41. The van der Waals surface area contributed by atoms with Crippen molar-refractivity contribution >= 4 is 44.8 Å². The molecule has 1 amide bonds. The fourth-order valence-electron chi connectivity index (χ4n) is 5.84. The normalized spacial score (nSPS) is 12.1. The van der Waals surface area contributed by atoms with Crippen molar-refractivity contribution in [1.29, 1.82) is 5.26 Å². The molecule has 0 bridgehead atoms. The van der Waals surface area contributed by atoms with Crippen LogP contribution in [0.4, 0.5) is 15.9 Å². The summed E-state index contributed by atoms with van der Waals surface area (Å²) in [5.41, 5.74) is 1.25. The molecule has 51 heavy (non-hydrogen) atoms. The zero-order chi connectivity index (χ0) is 36.2. The Kier molecular flexibility index (Phi) is 10.1. The van der Waals surface area contributed by atoms with Crippen molar-refractivity contribution in [3.8, 4) is 28.8 Å². The van der Waals surface area contributed by atoms with Crippen molar-refractivity contribution in [1.82, 2.24) is 24.6 Å². The van der Waals surface area contributed by atoms with Gasteiger partial charge in [-0.05, 0) is 55.0 Å². The number of benzene rings is 1. The number of thiophene rings is 1. The van der Waals surface area contributed by atoms with E-state index in [1.807, 2.05) is 0 Å². The summed E-state index contributed by atoms with van der Waals surface area (Å²) in [7, 11) is 1.53. The van der Waals surface area contributed by atoms with E-state index in [0.29, 0.717) is 15.8 Å². The van der Waals surface area contributed by atoms with E-state index in [1.54, 1.807) is 30.5 Å². The van der Waals surface area contributed by atoms with Crippen LogP contribution >= 0.6 is 11.3 Å². The topological polar surface area (TPSA) is 170 Å². The van der Waals surface area contributed by atoms with E-state index in [1.165, 1.54) is 54.3 Å². The summed E-state index contributed by atoms with van der Waals surface area (Å²) in [4.78, 5) is 56.4. The van der Waals surface area contributed by atoms with Gasteiger partial charge in [0.15, 0.2) is 0 Å². The highest BCUT2D eigenvalue weighted by Crippen LogP contribution is 2.36. The van der Waals surface area contributed by atoms with E-state index in [-0.39, 0.29) is 54.0 Å². The number of anilines is 2. The molecule has 0 aliphatic heterocycles. The Hall–Kier alpha value is -6.14. The zero-order valence-corrected chi connectivity index (χ0v) is 28.6. The molecule has 4 heterocycles. The first-order valence-corrected chi connectivity index (χ1v) is 16.8. The van der Waals surface area contributed by atoms with E-state index in [9.17, 15) is 19.2 Å². The Bertz CT molecular complexity index is 2370. The Balaban J connectivity index is 1.35. The number of hydrogen-bond donors (Lipinski definition) is 2. The Morgan fingerprint density at radius 2 is 1.96 bits per heavy atom. The van der Waals surface area contributed by atoms with Gasteiger partial charge in [-0.1, -0.05) is 12.6 Å². The lowest BCUT2D eigenvalue weighted by molar-refractivity contribution is -0.142. The van der Waals surface area contributed by atoms with Gasteiger partial charge < -0.3 is 24.7 Å². The quantitative estimate of drug-likeness (QED) is 0.0855. The minimum atomic E-state index is -0.672. The van der Waals surface area contributed by atoms with E-state index in [4.69, 9.17) is 14.7 Å². The van der Waals surface area contributed by atoms with Crippen LogP contribution in [0, 0.1) is 17.1 Å². The molecule has 0 spiro atoms. The SMILES string of the molecule is C=C(C#N)C(=O)NCCOc1cccc(Nc2cc(-c3cc(F)cc(-n4ncc5c6c(sc5c4=O)CCCC6)c3COC(C)=O)cn(C)c2=O)n1. The fraction of sp³-hybridized carbons (Fsp3) is 0.250. The van der Waals surface area contributed by atoms with Gasteiger partial charge in [-0.25, -0.2) is 4.39 Å². The number of ether oxygens (including phenoxy) is 2. The van der Waals surface area contributed by atoms with Crippen molar-refractivity contribution in [2.24, 2.45) is 7.05 Å². The standard InChI is InChI=1S/C36H32FN7O6S/c1-20(16-38)34(46)39-11-12-49-32-10-6-9-31(42-32)41-28-13-22(18-43(3)35(28)47)25-14-23(37)15-29(27(25)19-50-21(2)45)44-36(48)33-26(17-40-44)24-7-4-5-8-30(24)51-33/h6,9-10,13-15,17-18H,1,4-5,7-8,11-12,19H2,2-3H3,(H,39,46)(H,41,42). The maximum absolute atomic E-state index is 15.5. The van der Waals surface area contributed by atoms with Crippen LogP contribution in [-0.4, -0.2) is 44.4 Å². The number of nitrogens with zero attached hydrogens (tertiary/aromatic N) is 5.